The van der Waals surface area contributed by atoms with Crippen LogP contribution in [0.5, 0.6) is 0 Å². The van der Waals surface area contributed by atoms with Crippen LogP contribution in [-0.2, 0) is 14.2 Å². The summed E-state index contributed by atoms with van der Waals surface area (Å²) in [6.45, 7) is 0.596. The van der Waals surface area contributed by atoms with Crippen LogP contribution in [0.2, 0.25) is 0 Å². The van der Waals surface area contributed by atoms with Gasteiger partial charge < -0.3 is 19.3 Å². The van der Waals surface area contributed by atoms with E-state index in [9.17, 15) is 0 Å². The van der Waals surface area contributed by atoms with Crippen molar-refractivity contribution in [2.75, 3.05) is 27.4 Å². The van der Waals surface area contributed by atoms with Gasteiger partial charge in [-0.3, -0.25) is 0 Å². The van der Waals surface area contributed by atoms with Crippen LogP contribution in [0.15, 0.2) is 0 Å². The van der Waals surface area contributed by atoms with E-state index < -0.39 is 0 Å². The fourth-order valence-corrected chi connectivity index (χ4v) is 1.39. The largest absolute Gasteiger partial charge is 0.394 e. The van der Waals surface area contributed by atoms with E-state index in [-0.39, 0.29) is 24.9 Å². The maximum Gasteiger partial charge on any atom is 0.106 e. The maximum absolute atomic E-state index is 8.90. The topological polar surface area (TPSA) is 47.9 Å². The van der Waals surface area contributed by atoms with Gasteiger partial charge in [-0.2, -0.15) is 0 Å². The Morgan fingerprint density at radius 1 is 1.58 bits per heavy atom. The van der Waals surface area contributed by atoms with Gasteiger partial charge in [-0.1, -0.05) is 0 Å². The third-order valence-corrected chi connectivity index (χ3v) is 2.22. The molecule has 0 aliphatic carbocycles. The molecule has 3 atom stereocenters. The van der Waals surface area contributed by atoms with Crippen molar-refractivity contribution in [3.05, 3.63) is 0 Å². The summed E-state index contributed by atoms with van der Waals surface area (Å²) in [4.78, 5) is 0. The van der Waals surface area contributed by atoms with E-state index in [1.54, 1.807) is 14.2 Å². The zero-order valence-corrected chi connectivity index (χ0v) is 7.53. The number of methoxy groups -OCH3 is 2. The van der Waals surface area contributed by atoms with Crippen molar-refractivity contribution in [3.8, 4) is 0 Å². The third-order valence-electron chi connectivity index (χ3n) is 2.22. The molecule has 1 aliphatic rings. The Balaban J connectivity index is 2.34. The quantitative estimate of drug-likeness (QED) is 0.644. The zero-order valence-electron chi connectivity index (χ0n) is 7.53. The highest BCUT2D eigenvalue weighted by Crippen LogP contribution is 2.19. The molecule has 0 aromatic carbocycles. The lowest BCUT2D eigenvalue weighted by atomic mass is 10.1. The molecule has 72 valence electrons. The normalized spacial score (nSPS) is 32.2. The van der Waals surface area contributed by atoms with Gasteiger partial charge in [0.1, 0.15) is 6.10 Å². The lowest BCUT2D eigenvalue weighted by Crippen LogP contribution is -2.31. The number of rotatable bonds is 4. The van der Waals surface area contributed by atoms with E-state index in [0.717, 1.165) is 6.42 Å². The maximum atomic E-state index is 8.90. The molecule has 1 heterocycles. The highest BCUT2D eigenvalue weighted by atomic mass is 16.6. The Morgan fingerprint density at radius 2 is 2.33 bits per heavy atom. The van der Waals surface area contributed by atoms with Gasteiger partial charge in [0.25, 0.3) is 0 Å². The monoisotopic (exact) mass is 176 g/mol. The van der Waals surface area contributed by atoms with E-state index >= 15 is 0 Å². The first-order valence-electron chi connectivity index (χ1n) is 4.09. The molecule has 1 N–H and O–H groups in total. The van der Waals surface area contributed by atoms with Crippen LogP contribution < -0.4 is 0 Å². The highest BCUT2D eigenvalue weighted by molar-refractivity contribution is 4.80. The minimum Gasteiger partial charge on any atom is -0.394 e. The summed E-state index contributed by atoms with van der Waals surface area (Å²) < 4.78 is 15.6. The van der Waals surface area contributed by atoms with E-state index in [4.69, 9.17) is 19.3 Å². The summed E-state index contributed by atoms with van der Waals surface area (Å²) in [6, 6.07) is 0. The van der Waals surface area contributed by atoms with Crippen molar-refractivity contribution in [2.45, 2.75) is 24.7 Å². The van der Waals surface area contributed by atoms with Crippen LogP contribution in [0.3, 0.4) is 0 Å². The standard InChI is InChI=1S/C8H16O4/c1-10-6-3-7(12-5-6)8(4-9)11-2/h6-9H,3-5H2,1-2H3/t6-,7-,8+/m0/s1. The predicted molar refractivity (Wildman–Crippen MR) is 43.0 cm³/mol. The molecule has 1 saturated heterocycles. The zero-order chi connectivity index (χ0) is 8.97. The molecule has 0 saturated carbocycles. The summed E-state index contributed by atoms with van der Waals surface area (Å²) >= 11 is 0. The highest BCUT2D eigenvalue weighted by Gasteiger charge is 2.31. The number of aliphatic hydroxyl groups is 1. The van der Waals surface area contributed by atoms with E-state index in [1.807, 2.05) is 0 Å². The second kappa shape index (κ2) is 4.77. The SMILES string of the molecule is CO[C@@H]1CO[C@H]([C@@H](CO)OC)C1. The molecule has 0 spiro atoms. The van der Waals surface area contributed by atoms with Crippen LogP contribution in [0, 0.1) is 0 Å². The van der Waals surface area contributed by atoms with Gasteiger partial charge in [-0.25, -0.2) is 0 Å². The van der Waals surface area contributed by atoms with Crippen molar-refractivity contribution < 1.29 is 19.3 Å². The van der Waals surface area contributed by atoms with Crippen LogP contribution in [0.1, 0.15) is 6.42 Å². The first kappa shape index (κ1) is 9.92. The van der Waals surface area contributed by atoms with E-state index in [2.05, 4.69) is 0 Å². The fourth-order valence-electron chi connectivity index (χ4n) is 1.39. The first-order valence-corrected chi connectivity index (χ1v) is 4.09. The van der Waals surface area contributed by atoms with Gasteiger partial charge in [-0.05, 0) is 0 Å². The average Bonchev–Trinajstić information content (AvgIpc) is 2.55. The Morgan fingerprint density at radius 3 is 2.75 bits per heavy atom. The van der Waals surface area contributed by atoms with Crippen molar-refractivity contribution in [1.29, 1.82) is 0 Å². The van der Waals surface area contributed by atoms with Crippen LogP contribution in [-0.4, -0.2) is 50.9 Å². The second-order valence-corrected chi connectivity index (χ2v) is 2.92. The molecule has 1 fully saturated rings. The molecule has 0 unspecified atom stereocenters. The number of hydrogen-bond acceptors (Lipinski definition) is 4. The van der Waals surface area contributed by atoms with Gasteiger partial charge in [0, 0.05) is 20.6 Å². The third kappa shape index (κ3) is 2.17. The number of ether oxygens (including phenoxy) is 3. The molecule has 12 heavy (non-hydrogen) atoms. The Hall–Kier alpha value is -0.160. The molecule has 0 amide bonds. The molecule has 1 aliphatic heterocycles. The lowest BCUT2D eigenvalue weighted by molar-refractivity contribution is -0.0521. The Labute approximate surface area is 72.4 Å². The number of hydrogen-bond donors (Lipinski definition) is 1. The first-order chi connectivity index (χ1) is 5.81. The predicted octanol–water partition coefficient (Wildman–Crippen LogP) is -0.202. The van der Waals surface area contributed by atoms with Crippen LogP contribution in [0.4, 0.5) is 0 Å². The Kier molecular flexibility index (Phi) is 3.94. The molecule has 0 bridgehead atoms. The molecular weight excluding hydrogens is 160 g/mol. The molecule has 0 radical (unpaired) electrons. The molecular formula is C8H16O4. The average molecular weight is 176 g/mol. The molecule has 0 aromatic rings. The Bertz CT molecular complexity index is 124. The minimum absolute atomic E-state index is 0.00238. The minimum atomic E-state index is -0.217. The van der Waals surface area contributed by atoms with Crippen molar-refractivity contribution >= 4 is 0 Å². The van der Waals surface area contributed by atoms with Crippen molar-refractivity contribution in [2.24, 2.45) is 0 Å². The van der Waals surface area contributed by atoms with Gasteiger partial charge in [-0.15, -0.1) is 0 Å². The van der Waals surface area contributed by atoms with Crippen molar-refractivity contribution in [3.63, 3.8) is 0 Å². The van der Waals surface area contributed by atoms with Gasteiger partial charge in [0.05, 0.1) is 25.4 Å². The van der Waals surface area contributed by atoms with Crippen LogP contribution in [0.25, 0.3) is 0 Å². The number of aliphatic hydroxyl groups excluding tert-OH is 1. The van der Waals surface area contributed by atoms with E-state index in [0.29, 0.717) is 6.61 Å². The molecule has 0 aromatic heterocycles. The lowest BCUT2D eigenvalue weighted by Gasteiger charge is -2.18. The van der Waals surface area contributed by atoms with E-state index in [1.165, 1.54) is 0 Å². The molecule has 4 nitrogen and oxygen atoms in total. The van der Waals surface area contributed by atoms with Gasteiger partial charge in [0.2, 0.25) is 0 Å². The van der Waals surface area contributed by atoms with Crippen molar-refractivity contribution in [1.82, 2.24) is 0 Å². The molecule has 1 rings (SSSR count). The summed E-state index contributed by atoms with van der Waals surface area (Å²) in [7, 11) is 3.24. The van der Waals surface area contributed by atoms with Gasteiger partial charge >= 0.3 is 0 Å². The smallest absolute Gasteiger partial charge is 0.106 e. The fraction of sp³-hybridized carbons (Fsp3) is 1.00. The van der Waals surface area contributed by atoms with Crippen LogP contribution >= 0.6 is 0 Å². The summed E-state index contributed by atoms with van der Waals surface area (Å²) in [5.41, 5.74) is 0. The van der Waals surface area contributed by atoms with Gasteiger partial charge in [0.15, 0.2) is 0 Å². The summed E-state index contributed by atoms with van der Waals surface area (Å²) in [5.74, 6) is 0. The summed E-state index contributed by atoms with van der Waals surface area (Å²) in [5, 5.41) is 8.90. The molecule has 4 heteroatoms. The second-order valence-electron chi connectivity index (χ2n) is 2.92. The summed E-state index contributed by atoms with van der Waals surface area (Å²) in [6.07, 6.45) is 0.713.